The highest BCUT2D eigenvalue weighted by Crippen LogP contribution is 2.19. The molecule has 19 heavy (non-hydrogen) atoms. The summed E-state index contributed by atoms with van der Waals surface area (Å²) in [5.41, 5.74) is -0.293. The van der Waals surface area contributed by atoms with Crippen LogP contribution in [0.1, 0.15) is 23.2 Å². The third-order valence-corrected chi connectivity index (χ3v) is 4.35. The van der Waals surface area contributed by atoms with E-state index in [-0.39, 0.29) is 11.6 Å². The molecule has 0 aromatic heterocycles. The van der Waals surface area contributed by atoms with Crippen LogP contribution in [0.4, 0.5) is 4.39 Å². The third kappa shape index (κ3) is 2.99. The third-order valence-electron chi connectivity index (χ3n) is 2.80. The summed E-state index contributed by atoms with van der Waals surface area (Å²) >= 11 is 0. The van der Waals surface area contributed by atoms with Crippen LogP contribution in [0, 0.1) is 5.82 Å². The fraction of sp³-hybridized carbons (Fsp3) is 0.250. The van der Waals surface area contributed by atoms with E-state index in [9.17, 15) is 17.6 Å². The van der Waals surface area contributed by atoms with E-state index in [1.807, 2.05) is 12.2 Å². The van der Waals surface area contributed by atoms with Crippen LogP contribution in [0.5, 0.6) is 0 Å². The quantitative estimate of drug-likeness (QED) is 0.822. The molecule has 1 aliphatic carbocycles. The Morgan fingerprint density at radius 3 is 2.47 bits per heavy atom. The molecule has 0 amide bonds. The molecular formula is C12H12FNO4S. The van der Waals surface area contributed by atoms with Crippen molar-refractivity contribution in [2.45, 2.75) is 23.8 Å². The van der Waals surface area contributed by atoms with Crippen LogP contribution in [-0.2, 0) is 10.0 Å². The van der Waals surface area contributed by atoms with Gasteiger partial charge >= 0.3 is 5.97 Å². The van der Waals surface area contributed by atoms with Crippen molar-refractivity contribution in [3.63, 3.8) is 0 Å². The summed E-state index contributed by atoms with van der Waals surface area (Å²) in [6.07, 6.45) is 4.82. The van der Waals surface area contributed by atoms with Crippen molar-refractivity contribution in [3.8, 4) is 0 Å². The molecule has 2 N–H and O–H groups in total. The second-order valence-electron chi connectivity index (χ2n) is 4.21. The molecule has 7 heteroatoms. The Morgan fingerprint density at radius 1 is 1.32 bits per heavy atom. The maximum absolute atomic E-state index is 13.7. The molecule has 0 unspecified atom stereocenters. The number of halogens is 1. The lowest BCUT2D eigenvalue weighted by molar-refractivity contribution is 0.0696. The van der Waals surface area contributed by atoms with Crippen molar-refractivity contribution in [1.82, 2.24) is 4.72 Å². The zero-order chi connectivity index (χ0) is 14.0. The molecule has 1 aliphatic rings. The van der Waals surface area contributed by atoms with Crippen LogP contribution in [0.25, 0.3) is 0 Å². The van der Waals surface area contributed by atoms with E-state index in [0.717, 1.165) is 12.1 Å². The fourth-order valence-corrected chi connectivity index (χ4v) is 3.17. The number of carbonyl (C=O) groups is 1. The van der Waals surface area contributed by atoms with Gasteiger partial charge in [-0.2, -0.15) is 0 Å². The topological polar surface area (TPSA) is 83.5 Å². The van der Waals surface area contributed by atoms with Gasteiger partial charge in [-0.25, -0.2) is 22.3 Å². The van der Waals surface area contributed by atoms with E-state index in [2.05, 4.69) is 4.72 Å². The number of hydrogen-bond acceptors (Lipinski definition) is 3. The molecule has 0 spiro atoms. The molecule has 0 fully saturated rings. The van der Waals surface area contributed by atoms with Gasteiger partial charge in [-0.3, -0.25) is 0 Å². The highest BCUT2D eigenvalue weighted by atomic mass is 32.2. The Morgan fingerprint density at radius 2 is 1.95 bits per heavy atom. The lowest BCUT2D eigenvalue weighted by Crippen LogP contribution is -2.33. The van der Waals surface area contributed by atoms with Crippen molar-refractivity contribution < 1.29 is 22.7 Å². The van der Waals surface area contributed by atoms with Gasteiger partial charge in [0.15, 0.2) is 0 Å². The first-order valence-electron chi connectivity index (χ1n) is 5.60. The molecular weight excluding hydrogens is 273 g/mol. The average Bonchev–Trinajstić information content (AvgIpc) is 2.80. The summed E-state index contributed by atoms with van der Waals surface area (Å²) in [6.45, 7) is 0. The molecule has 102 valence electrons. The molecule has 1 aromatic carbocycles. The van der Waals surface area contributed by atoms with Crippen molar-refractivity contribution in [2.75, 3.05) is 0 Å². The lowest BCUT2D eigenvalue weighted by atomic mass is 10.2. The monoisotopic (exact) mass is 285 g/mol. The second kappa shape index (κ2) is 5.10. The van der Waals surface area contributed by atoms with Gasteiger partial charge in [0, 0.05) is 6.04 Å². The second-order valence-corrected chi connectivity index (χ2v) is 5.89. The molecule has 0 atom stereocenters. The summed E-state index contributed by atoms with van der Waals surface area (Å²) in [6, 6.07) is 2.45. The average molecular weight is 285 g/mol. The minimum Gasteiger partial charge on any atom is -0.478 e. The zero-order valence-corrected chi connectivity index (χ0v) is 10.7. The number of carboxylic acids is 1. The van der Waals surface area contributed by atoms with E-state index in [1.54, 1.807) is 0 Å². The minimum absolute atomic E-state index is 0.274. The van der Waals surface area contributed by atoms with Gasteiger partial charge in [-0.15, -0.1) is 0 Å². The van der Waals surface area contributed by atoms with Gasteiger partial charge in [-0.05, 0) is 31.0 Å². The predicted octanol–water partition coefficient (Wildman–Crippen LogP) is 1.52. The molecule has 1 aromatic rings. The molecule has 0 saturated heterocycles. The number of aromatic carboxylic acids is 1. The standard InChI is InChI=1S/C12H12FNO4S/c13-10-7-8(12(15)16)5-6-11(10)19(17,18)14-9-3-1-2-4-9/h1-2,5-7,9,14H,3-4H2,(H,15,16). The van der Waals surface area contributed by atoms with Gasteiger partial charge < -0.3 is 5.11 Å². The summed E-state index contributed by atoms with van der Waals surface area (Å²) in [5.74, 6) is -2.38. The number of sulfonamides is 1. The first-order valence-corrected chi connectivity index (χ1v) is 7.08. The molecule has 0 bridgehead atoms. The molecule has 0 heterocycles. The number of benzene rings is 1. The Bertz CT molecular complexity index is 631. The molecule has 0 radical (unpaired) electrons. The van der Waals surface area contributed by atoms with Crippen LogP contribution >= 0.6 is 0 Å². The number of nitrogens with one attached hydrogen (secondary N) is 1. The van der Waals surface area contributed by atoms with Gasteiger partial charge in [0.05, 0.1) is 5.56 Å². The molecule has 2 rings (SSSR count). The first-order chi connectivity index (χ1) is 8.90. The summed E-state index contributed by atoms with van der Waals surface area (Å²) in [5, 5.41) is 8.69. The summed E-state index contributed by atoms with van der Waals surface area (Å²) in [4.78, 5) is 10.1. The number of rotatable bonds is 4. The van der Waals surface area contributed by atoms with Crippen molar-refractivity contribution in [2.24, 2.45) is 0 Å². The Balaban J connectivity index is 2.27. The Kier molecular flexibility index (Phi) is 3.68. The van der Waals surface area contributed by atoms with Gasteiger partial charge in [-0.1, -0.05) is 12.2 Å². The number of hydrogen-bond donors (Lipinski definition) is 2. The SMILES string of the molecule is O=C(O)c1ccc(S(=O)(=O)NC2CC=CC2)c(F)c1. The molecule has 5 nitrogen and oxygen atoms in total. The van der Waals surface area contributed by atoms with E-state index in [1.165, 1.54) is 0 Å². The highest BCUT2D eigenvalue weighted by molar-refractivity contribution is 7.89. The van der Waals surface area contributed by atoms with Crippen LogP contribution in [0.15, 0.2) is 35.2 Å². The maximum Gasteiger partial charge on any atom is 0.335 e. The maximum atomic E-state index is 13.7. The van der Waals surface area contributed by atoms with Gasteiger partial charge in [0.2, 0.25) is 10.0 Å². The van der Waals surface area contributed by atoms with Crippen LogP contribution in [0.3, 0.4) is 0 Å². The number of carboxylic acid groups (broad SMARTS) is 1. The van der Waals surface area contributed by atoms with Gasteiger partial charge in [0.25, 0.3) is 0 Å². The first kappa shape index (κ1) is 13.7. The minimum atomic E-state index is -3.97. The predicted molar refractivity (Wildman–Crippen MR) is 65.8 cm³/mol. The van der Waals surface area contributed by atoms with Crippen molar-refractivity contribution in [1.29, 1.82) is 0 Å². The lowest BCUT2D eigenvalue weighted by Gasteiger charge is -2.13. The van der Waals surface area contributed by atoms with E-state index in [0.29, 0.717) is 18.9 Å². The zero-order valence-electron chi connectivity index (χ0n) is 9.84. The van der Waals surface area contributed by atoms with Crippen LogP contribution in [-0.4, -0.2) is 25.5 Å². The highest BCUT2D eigenvalue weighted by Gasteiger charge is 2.24. The van der Waals surface area contributed by atoms with Crippen molar-refractivity contribution >= 4 is 16.0 Å². The smallest absolute Gasteiger partial charge is 0.335 e. The van der Waals surface area contributed by atoms with E-state index in [4.69, 9.17) is 5.11 Å². The molecule has 0 aliphatic heterocycles. The fourth-order valence-electron chi connectivity index (χ4n) is 1.85. The largest absolute Gasteiger partial charge is 0.478 e. The Labute approximate surface area is 109 Å². The van der Waals surface area contributed by atoms with Crippen molar-refractivity contribution in [3.05, 3.63) is 41.7 Å². The Hall–Kier alpha value is -1.73. The van der Waals surface area contributed by atoms with Gasteiger partial charge in [0.1, 0.15) is 10.7 Å². The normalized spacial score (nSPS) is 15.8. The van der Waals surface area contributed by atoms with E-state index >= 15 is 0 Å². The summed E-state index contributed by atoms with van der Waals surface area (Å²) < 4.78 is 40.0. The van der Waals surface area contributed by atoms with Crippen LogP contribution in [0.2, 0.25) is 0 Å². The van der Waals surface area contributed by atoms with Crippen LogP contribution < -0.4 is 4.72 Å². The summed E-state index contributed by atoms with van der Waals surface area (Å²) in [7, 11) is -3.97. The van der Waals surface area contributed by atoms with E-state index < -0.39 is 26.7 Å². The molecule has 0 saturated carbocycles.